The van der Waals surface area contributed by atoms with Crippen molar-refractivity contribution in [3.63, 3.8) is 0 Å². The Balaban J connectivity index is 2.92. The van der Waals surface area contributed by atoms with E-state index in [9.17, 15) is 4.79 Å². The van der Waals surface area contributed by atoms with Crippen molar-refractivity contribution in [2.75, 3.05) is 0 Å². The summed E-state index contributed by atoms with van der Waals surface area (Å²) in [5.41, 5.74) is 0.543. The lowest BCUT2D eigenvalue weighted by Gasteiger charge is -2.02. The summed E-state index contributed by atoms with van der Waals surface area (Å²) in [4.78, 5) is 15.4. The summed E-state index contributed by atoms with van der Waals surface area (Å²) in [6.45, 7) is 0. The molecule has 5 heteroatoms. The van der Waals surface area contributed by atoms with Gasteiger partial charge in [0.1, 0.15) is 0 Å². The number of hydrogen-bond donors (Lipinski definition) is 1. The monoisotopic (exact) mass is 210 g/mol. The van der Waals surface area contributed by atoms with Gasteiger partial charge in [0.05, 0.1) is 0 Å². The third kappa shape index (κ3) is 1.45. The number of aromatic nitrogens is 2. The van der Waals surface area contributed by atoms with E-state index in [1.165, 1.54) is 10.0 Å². The predicted molar refractivity (Wildman–Crippen MR) is 58.0 cm³/mol. The molecule has 3 nitrogen and oxygen atoms in total. The minimum Gasteiger partial charge on any atom is -0.268 e. The first-order valence-corrected chi connectivity index (χ1v) is 5.44. The molecule has 0 aliphatic heterocycles. The van der Waals surface area contributed by atoms with Crippen LogP contribution in [0.3, 0.4) is 0 Å². The molecule has 0 saturated heterocycles. The molecule has 0 aliphatic carbocycles. The van der Waals surface area contributed by atoms with Crippen molar-refractivity contribution in [3.8, 4) is 0 Å². The molecule has 0 unspecified atom stereocenters. The van der Waals surface area contributed by atoms with E-state index in [1.807, 2.05) is 12.1 Å². The second-order valence-electron chi connectivity index (χ2n) is 2.46. The van der Waals surface area contributed by atoms with Gasteiger partial charge >= 0.3 is 0 Å². The molecule has 0 aromatic carbocycles. The molecule has 0 amide bonds. The molecule has 2 aromatic heterocycles. The minimum absolute atomic E-state index is 0.105. The Morgan fingerprint density at radius 2 is 2.23 bits per heavy atom. The topological polar surface area (TPSA) is 34.9 Å². The van der Waals surface area contributed by atoms with Crippen molar-refractivity contribution in [1.29, 1.82) is 0 Å². The third-order valence-corrected chi connectivity index (χ3v) is 2.70. The number of nitrogens with zero attached hydrogens (tertiary/aromatic N) is 2. The van der Waals surface area contributed by atoms with Gasteiger partial charge in [0.25, 0.3) is 5.56 Å². The van der Waals surface area contributed by atoms with Gasteiger partial charge in [-0.3, -0.25) is 4.79 Å². The lowest BCUT2D eigenvalue weighted by atomic mass is 10.3. The van der Waals surface area contributed by atoms with Crippen molar-refractivity contribution in [1.82, 2.24) is 8.96 Å². The zero-order chi connectivity index (χ0) is 9.26. The van der Waals surface area contributed by atoms with Gasteiger partial charge in [-0.25, -0.2) is 8.96 Å². The lowest BCUT2D eigenvalue weighted by Crippen LogP contribution is -2.13. The largest absolute Gasteiger partial charge is 0.268 e. The molecular weight excluding hydrogens is 204 g/mol. The van der Waals surface area contributed by atoms with E-state index in [-0.39, 0.29) is 5.56 Å². The van der Waals surface area contributed by atoms with Crippen LogP contribution in [0.1, 0.15) is 0 Å². The lowest BCUT2D eigenvalue weighted by molar-refractivity contribution is 1.17. The summed E-state index contributed by atoms with van der Waals surface area (Å²) >= 11 is 4.00. The summed E-state index contributed by atoms with van der Waals surface area (Å²) < 4.78 is 1.44. The first kappa shape index (κ1) is 8.65. The Morgan fingerprint density at radius 1 is 1.38 bits per heavy atom. The second-order valence-corrected chi connectivity index (χ2v) is 3.48. The van der Waals surface area contributed by atoms with Gasteiger partial charge in [-0.15, -0.1) is 0 Å². The van der Waals surface area contributed by atoms with Crippen molar-refractivity contribution >= 4 is 33.7 Å². The van der Waals surface area contributed by atoms with Crippen LogP contribution in [-0.2, 0) is 0 Å². The van der Waals surface area contributed by atoms with Crippen molar-refractivity contribution < 1.29 is 0 Å². The maximum Gasteiger partial charge on any atom is 0.263 e. The number of pyridine rings is 2. The van der Waals surface area contributed by atoms with E-state index < -0.39 is 0 Å². The van der Waals surface area contributed by atoms with Gasteiger partial charge in [0.15, 0.2) is 5.65 Å². The molecule has 0 N–H and O–H groups in total. The van der Waals surface area contributed by atoms with Gasteiger partial charge in [0.2, 0.25) is 0 Å². The zero-order valence-corrected chi connectivity index (χ0v) is 8.26. The van der Waals surface area contributed by atoms with Crippen LogP contribution in [0.25, 0.3) is 11.0 Å². The summed E-state index contributed by atoms with van der Waals surface area (Å²) in [6, 6.07) is 7.00. The highest BCUT2D eigenvalue weighted by Crippen LogP contribution is 2.15. The van der Waals surface area contributed by atoms with Crippen molar-refractivity contribution in [3.05, 3.63) is 40.8 Å². The quantitative estimate of drug-likeness (QED) is 0.575. The van der Waals surface area contributed by atoms with Gasteiger partial charge in [-0.2, -0.15) is 0 Å². The van der Waals surface area contributed by atoms with Crippen LogP contribution in [0.15, 0.2) is 35.3 Å². The third-order valence-electron chi connectivity index (χ3n) is 1.70. The fourth-order valence-electron chi connectivity index (χ4n) is 1.12. The Hall–Kier alpha value is -0.940. The van der Waals surface area contributed by atoms with Crippen LogP contribution in [0.5, 0.6) is 0 Å². The molecule has 0 spiro atoms. The van der Waals surface area contributed by atoms with Crippen LogP contribution in [0, 0.1) is 0 Å². The molecule has 2 aromatic rings. The van der Waals surface area contributed by atoms with E-state index in [2.05, 4.69) is 16.6 Å². The molecule has 66 valence electrons. The zero-order valence-electron chi connectivity index (χ0n) is 6.54. The fraction of sp³-hybridized carbons (Fsp3) is 0. The van der Waals surface area contributed by atoms with Gasteiger partial charge < -0.3 is 0 Å². The van der Waals surface area contributed by atoms with E-state index in [0.29, 0.717) is 5.65 Å². The van der Waals surface area contributed by atoms with Gasteiger partial charge in [-0.05, 0) is 18.2 Å². The predicted octanol–water partition coefficient (Wildman–Crippen LogP) is 1.74. The molecule has 2 heterocycles. The Labute approximate surface area is 83.7 Å². The first-order chi connectivity index (χ1) is 6.33. The van der Waals surface area contributed by atoms with E-state index in [0.717, 1.165) is 16.4 Å². The number of hydrogen-bond acceptors (Lipinski definition) is 4. The maximum absolute atomic E-state index is 11.3. The normalized spacial score (nSPS) is 10.5. The van der Waals surface area contributed by atoms with Gasteiger partial charge in [0, 0.05) is 28.6 Å². The molecule has 13 heavy (non-hydrogen) atoms. The van der Waals surface area contributed by atoms with E-state index >= 15 is 0 Å². The van der Waals surface area contributed by atoms with E-state index in [1.54, 1.807) is 12.3 Å². The standard InChI is InChI=1S/C8H6N2OS2/c11-7-4-3-6-2-1-5-9-8(6)10(7)13-12/h1-5,12H. The molecular formula is C8H6N2OS2. The molecule has 0 aliphatic rings. The summed E-state index contributed by atoms with van der Waals surface area (Å²) in [5.74, 6) is 0. The Bertz CT molecular complexity index is 495. The molecule has 0 saturated carbocycles. The van der Waals surface area contributed by atoms with Crippen molar-refractivity contribution in [2.45, 2.75) is 0 Å². The molecule has 0 fully saturated rings. The average Bonchev–Trinajstić information content (AvgIpc) is 2.18. The summed E-state index contributed by atoms with van der Waals surface area (Å²) in [6.07, 6.45) is 1.66. The van der Waals surface area contributed by atoms with Crippen LogP contribution in [0.4, 0.5) is 0 Å². The maximum atomic E-state index is 11.3. The fourth-order valence-corrected chi connectivity index (χ4v) is 1.97. The smallest absolute Gasteiger partial charge is 0.263 e. The van der Waals surface area contributed by atoms with Gasteiger partial charge in [-0.1, -0.05) is 11.7 Å². The van der Waals surface area contributed by atoms with Crippen LogP contribution in [0.2, 0.25) is 0 Å². The highest BCUT2D eigenvalue weighted by molar-refractivity contribution is 8.68. The van der Waals surface area contributed by atoms with Crippen LogP contribution < -0.4 is 5.56 Å². The Morgan fingerprint density at radius 3 is 3.00 bits per heavy atom. The molecule has 2 rings (SSSR count). The molecule has 0 bridgehead atoms. The average molecular weight is 210 g/mol. The Kier molecular flexibility index (Phi) is 2.28. The highest BCUT2D eigenvalue weighted by Gasteiger charge is 2.01. The molecule has 0 atom stereocenters. The highest BCUT2D eigenvalue weighted by atomic mass is 33.1. The van der Waals surface area contributed by atoms with Crippen molar-refractivity contribution in [2.24, 2.45) is 0 Å². The minimum atomic E-state index is -0.105. The first-order valence-electron chi connectivity index (χ1n) is 3.61. The number of thiol groups is 1. The van der Waals surface area contributed by atoms with Crippen LogP contribution in [-0.4, -0.2) is 8.96 Å². The summed E-state index contributed by atoms with van der Waals surface area (Å²) in [5, 5.41) is 0.934. The van der Waals surface area contributed by atoms with Crippen LogP contribution >= 0.6 is 22.6 Å². The summed E-state index contributed by atoms with van der Waals surface area (Å²) in [7, 11) is 1.06. The molecule has 0 radical (unpaired) electrons. The second kappa shape index (κ2) is 3.43. The van der Waals surface area contributed by atoms with E-state index in [4.69, 9.17) is 0 Å². The number of fused-ring (bicyclic) bond motifs is 1. The SMILES string of the molecule is O=c1ccc2cccnc2n1SS. The number of rotatable bonds is 1.